The molecule has 0 bridgehead atoms. The number of halogens is 2. The van der Waals surface area contributed by atoms with Crippen molar-refractivity contribution in [1.29, 1.82) is 0 Å². The van der Waals surface area contributed by atoms with Gasteiger partial charge < -0.3 is 4.90 Å². The second kappa shape index (κ2) is 6.11. The largest absolute Gasteiger partial charge is 0.335 e. The average Bonchev–Trinajstić information content (AvgIpc) is 2.57. The van der Waals surface area contributed by atoms with Gasteiger partial charge in [-0.1, -0.05) is 6.92 Å². The fraction of sp³-hybridized carbons (Fsp3) is 0.467. The Bertz CT molecular complexity index is 531. The van der Waals surface area contributed by atoms with Gasteiger partial charge in [-0.25, -0.2) is 8.78 Å². The number of amides is 1. The van der Waals surface area contributed by atoms with Crippen molar-refractivity contribution in [1.82, 2.24) is 4.90 Å². The van der Waals surface area contributed by atoms with E-state index in [1.807, 2.05) is 0 Å². The first kappa shape index (κ1) is 14.6. The normalized spacial score (nSPS) is 19.9. The first-order valence-corrected chi connectivity index (χ1v) is 6.73. The van der Waals surface area contributed by atoms with Gasteiger partial charge in [0.25, 0.3) is 0 Å². The highest BCUT2D eigenvalue weighted by Crippen LogP contribution is 2.18. The second-order valence-corrected chi connectivity index (χ2v) is 5.30. The van der Waals surface area contributed by atoms with E-state index in [0.717, 1.165) is 25.0 Å². The lowest BCUT2D eigenvalue weighted by atomic mass is 10.0. The van der Waals surface area contributed by atoms with Crippen LogP contribution in [0, 0.1) is 17.6 Å². The standard InChI is InChI=1S/C15H17F2NO2/c1-10-2-5-15(20)18(7-6-10)9-14(19)11-3-4-12(16)13(17)8-11/h3-4,8,10H,2,5-7,9H2,1H3. The number of hydrogen-bond acceptors (Lipinski definition) is 2. The lowest BCUT2D eigenvalue weighted by molar-refractivity contribution is -0.130. The molecule has 1 aromatic carbocycles. The molecule has 108 valence electrons. The van der Waals surface area contributed by atoms with Crippen molar-refractivity contribution in [2.24, 2.45) is 5.92 Å². The molecule has 1 unspecified atom stereocenters. The molecule has 0 spiro atoms. The molecule has 1 fully saturated rings. The molecule has 1 aliphatic rings. The Kier molecular flexibility index (Phi) is 4.47. The van der Waals surface area contributed by atoms with E-state index >= 15 is 0 Å². The van der Waals surface area contributed by atoms with Gasteiger partial charge in [-0.15, -0.1) is 0 Å². The highest BCUT2D eigenvalue weighted by atomic mass is 19.2. The number of rotatable bonds is 3. The van der Waals surface area contributed by atoms with Crippen LogP contribution in [0.4, 0.5) is 8.78 Å². The van der Waals surface area contributed by atoms with E-state index in [1.165, 1.54) is 11.0 Å². The number of carbonyl (C=O) groups is 2. The van der Waals surface area contributed by atoms with Crippen molar-refractivity contribution in [3.05, 3.63) is 35.4 Å². The van der Waals surface area contributed by atoms with Gasteiger partial charge in [0.05, 0.1) is 6.54 Å². The monoisotopic (exact) mass is 281 g/mol. The van der Waals surface area contributed by atoms with Crippen LogP contribution in [0.25, 0.3) is 0 Å². The molecule has 1 saturated heterocycles. The van der Waals surface area contributed by atoms with Crippen LogP contribution >= 0.6 is 0 Å². The summed E-state index contributed by atoms with van der Waals surface area (Å²) in [6, 6.07) is 3.04. The van der Waals surface area contributed by atoms with Crippen LogP contribution in [0.2, 0.25) is 0 Å². The SMILES string of the molecule is CC1CCC(=O)N(CC(=O)c2ccc(F)c(F)c2)CC1. The summed E-state index contributed by atoms with van der Waals surface area (Å²) in [6.45, 7) is 2.54. The maximum Gasteiger partial charge on any atom is 0.222 e. The predicted octanol–water partition coefficient (Wildman–Crippen LogP) is 2.80. The number of carbonyl (C=O) groups excluding carboxylic acids is 2. The molecule has 1 atom stereocenters. The quantitative estimate of drug-likeness (QED) is 0.799. The molecule has 0 radical (unpaired) electrons. The zero-order valence-corrected chi connectivity index (χ0v) is 11.4. The highest BCUT2D eigenvalue weighted by molar-refractivity contribution is 5.99. The first-order chi connectivity index (χ1) is 9.47. The van der Waals surface area contributed by atoms with Crippen molar-refractivity contribution in [2.75, 3.05) is 13.1 Å². The zero-order chi connectivity index (χ0) is 14.7. The third-order valence-electron chi connectivity index (χ3n) is 3.67. The Morgan fingerprint density at radius 1 is 1.30 bits per heavy atom. The average molecular weight is 281 g/mol. The molecule has 1 amide bonds. The minimum atomic E-state index is -1.05. The minimum Gasteiger partial charge on any atom is -0.335 e. The smallest absolute Gasteiger partial charge is 0.222 e. The van der Waals surface area contributed by atoms with Gasteiger partial charge in [0.1, 0.15) is 0 Å². The molecule has 3 nitrogen and oxygen atoms in total. The van der Waals surface area contributed by atoms with E-state index in [0.29, 0.717) is 18.9 Å². The predicted molar refractivity (Wildman–Crippen MR) is 70.3 cm³/mol. The minimum absolute atomic E-state index is 0.0507. The van der Waals surface area contributed by atoms with Crippen LogP contribution in [-0.4, -0.2) is 29.7 Å². The summed E-state index contributed by atoms with van der Waals surface area (Å²) in [5, 5.41) is 0. The molecule has 1 heterocycles. The molecule has 20 heavy (non-hydrogen) atoms. The molecule has 0 aromatic heterocycles. The molecular weight excluding hydrogens is 264 g/mol. The van der Waals surface area contributed by atoms with Crippen LogP contribution in [0.3, 0.4) is 0 Å². The molecule has 0 aliphatic carbocycles. The van der Waals surface area contributed by atoms with Crippen LogP contribution in [-0.2, 0) is 4.79 Å². The van der Waals surface area contributed by atoms with Crippen LogP contribution < -0.4 is 0 Å². The summed E-state index contributed by atoms with van der Waals surface area (Å²) in [6.07, 6.45) is 2.12. The second-order valence-electron chi connectivity index (χ2n) is 5.30. The summed E-state index contributed by atoms with van der Waals surface area (Å²) in [5.41, 5.74) is 0.0917. The zero-order valence-electron chi connectivity index (χ0n) is 11.4. The molecule has 0 saturated carbocycles. The maximum atomic E-state index is 13.1. The summed E-state index contributed by atoms with van der Waals surface area (Å²) in [4.78, 5) is 25.4. The van der Waals surface area contributed by atoms with Crippen LogP contribution in [0.15, 0.2) is 18.2 Å². The molecule has 2 rings (SSSR count). The summed E-state index contributed by atoms with van der Waals surface area (Å²) >= 11 is 0. The van der Waals surface area contributed by atoms with Crippen LogP contribution in [0.1, 0.15) is 36.5 Å². The van der Waals surface area contributed by atoms with Gasteiger partial charge in [-0.2, -0.15) is 0 Å². The van der Waals surface area contributed by atoms with Gasteiger partial charge >= 0.3 is 0 Å². The third kappa shape index (κ3) is 3.40. The Morgan fingerprint density at radius 2 is 2.05 bits per heavy atom. The van der Waals surface area contributed by atoms with Crippen molar-refractivity contribution < 1.29 is 18.4 Å². The fourth-order valence-electron chi connectivity index (χ4n) is 2.27. The van der Waals surface area contributed by atoms with Crippen LogP contribution in [0.5, 0.6) is 0 Å². The van der Waals surface area contributed by atoms with Crippen molar-refractivity contribution >= 4 is 11.7 Å². The molecular formula is C15H17F2NO2. The number of benzene rings is 1. The molecule has 1 aromatic rings. The Morgan fingerprint density at radius 3 is 2.75 bits per heavy atom. The van der Waals surface area contributed by atoms with Gasteiger partial charge in [-0.05, 0) is 37.0 Å². The Balaban J connectivity index is 2.06. The number of hydrogen-bond donors (Lipinski definition) is 0. The van der Waals surface area contributed by atoms with E-state index in [1.54, 1.807) is 0 Å². The first-order valence-electron chi connectivity index (χ1n) is 6.73. The van der Waals surface area contributed by atoms with Crippen molar-refractivity contribution in [3.8, 4) is 0 Å². The van der Waals surface area contributed by atoms with Crippen molar-refractivity contribution in [2.45, 2.75) is 26.2 Å². The number of likely N-dealkylation sites (tertiary alicyclic amines) is 1. The topological polar surface area (TPSA) is 37.4 Å². The molecule has 5 heteroatoms. The Hall–Kier alpha value is -1.78. The third-order valence-corrected chi connectivity index (χ3v) is 3.67. The van der Waals surface area contributed by atoms with Gasteiger partial charge in [0.15, 0.2) is 17.4 Å². The summed E-state index contributed by atoms with van der Waals surface area (Å²) in [7, 11) is 0. The highest BCUT2D eigenvalue weighted by Gasteiger charge is 2.22. The fourth-order valence-corrected chi connectivity index (χ4v) is 2.27. The lowest BCUT2D eigenvalue weighted by Gasteiger charge is -2.19. The van der Waals surface area contributed by atoms with Gasteiger partial charge in [-0.3, -0.25) is 9.59 Å². The number of ketones is 1. The summed E-state index contributed by atoms with van der Waals surface area (Å²) in [5.74, 6) is -1.99. The van der Waals surface area contributed by atoms with E-state index < -0.39 is 11.6 Å². The van der Waals surface area contributed by atoms with E-state index in [-0.39, 0.29) is 23.8 Å². The van der Waals surface area contributed by atoms with E-state index in [9.17, 15) is 18.4 Å². The number of nitrogens with zero attached hydrogens (tertiary/aromatic N) is 1. The summed E-state index contributed by atoms with van der Waals surface area (Å²) < 4.78 is 25.9. The van der Waals surface area contributed by atoms with Crippen molar-refractivity contribution in [3.63, 3.8) is 0 Å². The number of Topliss-reactive ketones (excluding diaryl/α,β-unsaturated/α-hetero) is 1. The van der Waals surface area contributed by atoms with E-state index in [2.05, 4.69) is 6.92 Å². The molecule has 0 N–H and O–H groups in total. The van der Waals surface area contributed by atoms with Gasteiger partial charge in [0, 0.05) is 18.5 Å². The van der Waals surface area contributed by atoms with Gasteiger partial charge in [0.2, 0.25) is 5.91 Å². The maximum absolute atomic E-state index is 13.1. The molecule has 1 aliphatic heterocycles. The Labute approximate surface area is 116 Å². The lowest BCUT2D eigenvalue weighted by Crippen LogP contribution is -2.35. The van der Waals surface area contributed by atoms with E-state index in [4.69, 9.17) is 0 Å².